The molecule has 1 aromatic carbocycles. The van der Waals surface area contributed by atoms with Crippen LogP contribution in [0.1, 0.15) is 49.1 Å². The zero-order valence-corrected chi connectivity index (χ0v) is 17.4. The number of nitrogens with zero attached hydrogens (tertiary/aromatic N) is 3. The average molecular weight is 453 g/mol. The van der Waals surface area contributed by atoms with E-state index in [9.17, 15) is 0 Å². The van der Waals surface area contributed by atoms with E-state index < -0.39 is 0 Å². The molecule has 1 aromatic heterocycles. The highest BCUT2D eigenvalue weighted by Gasteiger charge is 2.13. The molecule has 0 bridgehead atoms. The second-order valence-electron chi connectivity index (χ2n) is 6.65. The van der Waals surface area contributed by atoms with Crippen molar-refractivity contribution < 1.29 is 0 Å². The van der Waals surface area contributed by atoms with Gasteiger partial charge in [-0.2, -0.15) is 5.10 Å². The lowest BCUT2D eigenvalue weighted by molar-refractivity contribution is 0.412. The Morgan fingerprint density at radius 2 is 1.96 bits per heavy atom. The van der Waals surface area contributed by atoms with Crippen LogP contribution in [0.2, 0.25) is 0 Å². The zero-order valence-electron chi connectivity index (χ0n) is 15.0. The summed E-state index contributed by atoms with van der Waals surface area (Å²) in [6, 6.07) is 10.8. The normalized spacial score (nSPS) is 15.7. The number of hydrogen-bond donors (Lipinski definition) is 2. The highest BCUT2D eigenvalue weighted by atomic mass is 127. The Kier molecular flexibility index (Phi) is 7.28. The summed E-state index contributed by atoms with van der Waals surface area (Å²) >= 11 is 0. The van der Waals surface area contributed by atoms with Crippen molar-refractivity contribution in [2.24, 2.45) is 10.7 Å². The lowest BCUT2D eigenvalue weighted by Gasteiger charge is -2.23. The highest BCUT2D eigenvalue weighted by Crippen LogP contribution is 2.19. The number of halogens is 1. The van der Waals surface area contributed by atoms with Crippen LogP contribution < -0.4 is 11.1 Å². The first-order valence-electron chi connectivity index (χ1n) is 8.81. The van der Waals surface area contributed by atoms with Crippen molar-refractivity contribution in [3.05, 3.63) is 47.3 Å². The molecule has 0 saturated heterocycles. The summed E-state index contributed by atoms with van der Waals surface area (Å²) in [5, 5.41) is 7.95. The van der Waals surface area contributed by atoms with Crippen LogP contribution in [0.5, 0.6) is 0 Å². The number of nitrogens with two attached hydrogens (primary N) is 1. The molecule has 0 aliphatic heterocycles. The molecule has 2 aromatic rings. The number of aromatic nitrogens is 2. The predicted molar refractivity (Wildman–Crippen MR) is 114 cm³/mol. The van der Waals surface area contributed by atoms with Crippen LogP contribution in [0.15, 0.2) is 35.3 Å². The first-order chi connectivity index (χ1) is 11.6. The van der Waals surface area contributed by atoms with Gasteiger partial charge in [-0.25, -0.2) is 9.67 Å². The largest absolute Gasteiger partial charge is 0.370 e. The van der Waals surface area contributed by atoms with Crippen LogP contribution in [0.4, 0.5) is 0 Å². The van der Waals surface area contributed by atoms with Gasteiger partial charge in [0.25, 0.3) is 0 Å². The van der Waals surface area contributed by atoms with Gasteiger partial charge in [0.05, 0.1) is 17.9 Å². The molecule has 0 radical (unpaired) electrons. The molecule has 0 spiro atoms. The number of guanidine groups is 1. The molecule has 3 rings (SSSR count). The van der Waals surface area contributed by atoms with Crippen molar-refractivity contribution >= 4 is 29.9 Å². The Balaban J connectivity index is 0.00000225. The smallest absolute Gasteiger partial charge is 0.189 e. The SMILES string of the molecule is Cc1cc(C)n(-c2ccccc2CN=C(N)NC2CCCCC2)n1.I. The fraction of sp³-hybridized carbons (Fsp3) is 0.474. The number of nitrogens with one attached hydrogen (secondary N) is 1. The molecule has 0 unspecified atom stereocenters. The van der Waals surface area contributed by atoms with Crippen molar-refractivity contribution in [2.75, 3.05) is 0 Å². The second-order valence-corrected chi connectivity index (χ2v) is 6.65. The Hall–Kier alpha value is -1.57. The molecule has 1 heterocycles. The fourth-order valence-electron chi connectivity index (χ4n) is 3.40. The van der Waals surface area contributed by atoms with E-state index >= 15 is 0 Å². The minimum Gasteiger partial charge on any atom is -0.370 e. The number of benzene rings is 1. The topological polar surface area (TPSA) is 68.2 Å². The van der Waals surface area contributed by atoms with E-state index in [0.717, 1.165) is 22.6 Å². The van der Waals surface area contributed by atoms with E-state index in [1.807, 2.05) is 23.7 Å². The van der Waals surface area contributed by atoms with Gasteiger partial charge in [-0.05, 0) is 44.4 Å². The van der Waals surface area contributed by atoms with E-state index in [1.54, 1.807) is 0 Å². The van der Waals surface area contributed by atoms with Gasteiger partial charge < -0.3 is 11.1 Å². The van der Waals surface area contributed by atoms with Gasteiger partial charge in [-0.3, -0.25) is 0 Å². The molecule has 3 N–H and O–H groups in total. The van der Waals surface area contributed by atoms with E-state index in [1.165, 1.54) is 32.1 Å². The molecule has 136 valence electrons. The maximum Gasteiger partial charge on any atom is 0.189 e. The molecule has 0 amide bonds. The molecule has 6 heteroatoms. The number of para-hydroxylation sites is 1. The highest BCUT2D eigenvalue weighted by molar-refractivity contribution is 14.0. The zero-order chi connectivity index (χ0) is 16.9. The van der Waals surface area contributed by atoms with Gasteiger partial charge in [-0.15, -0.1) is 24.0 Å². The molecule has 1 aliphatic rings. The Morgan fingerprint density at radius 1 is 1.24 bits per heavy atom. The molecule has 1 fully saturated rings. The Bertz CT molecular complexity index is 716. The van der Waals surface area contributed by atoms with Crippen LogP contribution in [0.25, 0.3) is 5.69 Å². The van der Waals surface area contributed by atoms with Gasteiger partial charge in [-0.1, -0.05) is 37.5 Å². The van der Waals surface area contributed by atoms with Crippen LogP contribution in [0.3, 0.4) is 0 Å². The third-order valence-corrected chi connectivity index (χ3v) is 4.61. The average Bonchev–Trinajstić information content (AvgIpc) is 2.92. The lowest BCUT2D eigenvalue weighted by Crippen LogP contribution is -2.41. The quantitative estimate of drug-likeness (QED) is 0.420. The number of rotatable bonds is 4. The molecule has 1 aliphatic carbocycles. The van der Waals surface area contributed by atoms with Crippen molar-refractivity contribution in [1.29, 1.82) is 0 Å². The van der Waals surface area contributed by atoms with Crippen molar-refractivity contribution in [3.63, 3.8) is 0 Å². The second kappa shape index (κ2) is 9.22. The van der Waals surface area contributed by atoms with E-state index in [2.05, 4.69) is 40.5 Å². The fourth-order valence-corrected chi connectivity index (χ4v) is 3.40. The predicted octanol–water partition coefficient (Wildman–Crippen LogP) is 3.84. The molecular weight excluding hydrogens is 425 g/mol. The molecule has 1 saturated carbocycles. The van der Waals surface area contributed by atoms with Gasteiger partial charge >= 0.3 is 0 Å². The summed E-state index contributed by atoms with van der Waals surface area (Å²) in [6.07, 6.45) is 6.29. The van der Waals surface area contributed by atoms with Crippen molar-refractivity contribution in [1.82, 2.24) is 15.1 Å². The minimum atomic E-state index is 0. The minimum absolute atomic E-state index is 0. The summed E-state index contributed by atoms with van der Waals surface area (Å²) in [7, 11) is 0. The Morgan fingerprint density at radius 3 is 2.64 bits per heavy atom. The monoisotopic (exact) mass is 453 g/mol. The van der Waals surface area contributed by atoms with Gasteiger partial charge in [0, 0.05) is 11.7 Å². The maximum absolute atomic E-state index is 6.09. The third kappa shape index (κ3) is 5.20. The molecular formula is C19H28IN5. The van der Waals surface area contributed by atoms with E-state index in [4.69, 9.17) is 5.73 Å². The van der Waals surface area contributed by atoms with Gasteiger partial charge in [0.2, 0.25) is 0 Å². The summed E-state index contributed by atoms with van der Waals surface area (Å²) < 4.78 is 1.98. The summed E-state index contributed by atoms with van der Waals surface area (Å²) in [5.74, 6) is 0.546. The summed E-state index contributed by atoms with van der Waals surface area (Å²) in [5.41, 5.74) is 10.4. The third-order valence-electron chi connectivity index (χ3n) is 4.61. The van der Waals surface area contributed by atoms with Crippen molar-refractivity contribution in [3.8, 4) is 5.69 Å². The standard InChI is InChI=1S/C19H27N5.HI/c1-14-12-15(2)24(23-14)18-11-7-6-8-16(18)13-21-19(20)22-17-9-4-3-5-10-17;/h6-8,11-12,17H,3-5,9-10,13H2,1-2H3,(H3,20,21,22);1H. The summed E-state index contributed by atoms with van der Waals surface area (Å²) in [4.78, 5) is 4.55. The molecule has 25 heavy (non-hydrogen) atoms. The van der Waals surface area contributed by atoms with Crippen LogP contribution in [-0.2, 0) is 6.54 Å². The first-order valence-corrected chi connectivity index (χ1v) is 8.81. The molecule has 0 atom stereocenters. The van der Waals surface area contributed by atoms with Crippen LogP contribution >= 0.6 is 24.0 Å². The number of hydrogen-bond acceptors (Lipinski definition) is 2. The number of aliphatic imine (C=N–C) groups is 1. The van der Waals surface area contributed by atoms with E-state index in [-0.39, 0.29) is 24.0 Å². The van der Waals surface area contributed by atoms with E-state index in [0.29, 0.717) is 18.5 Å². The van der Waals surface area contributed by atoms with Crippen LogP contribution in [0, 0.1) is 13.8 Å². The lowest BCUT2D eigenvalue weighted by atomic mass is 9.96. The van der Waals surface area contributed by atoms with Gasteiger partial charge in [0.15, 0.2) is 5.96 Å². The molecule has 5 nitrogen and oxygen atoms in total. The summed E-state index contributed by atoms with van der Waals surface area (Å²) in [6.45, 7) is 4.63. The van der Waals surface area contributed by atoms with Crippen LogP contribution in [-0.4, -0.2) is 21.8 Å². The number of aryl methyl sites for hydroxylation is 2. The maximum atomic E-state index is 6.09. The van der Waals surface area contributed by atoms with Gasteiger partial charge in [0.1, 0.15) is 0 Å². The first kappa shape index (κ1) is 19.8. The van der Waals surface area contributed by atoms with Crippen molar-refractivity contribution in [2.45, 2.75) is 58.5 Å². The Labute approximate surface area is 167 Å².